The van der Waals surface area contributed by atoms with Crippen LogP contribution in [0, 0.1) is 5.92 Å². The lowest BCUT2D eigenvalue weighted by molar-refractivity contribution is -0.148. The van der Waals surface area contributed by atoms with Gasteiger partial charge >= 0.3 is 5.97 Å². The maximum atomic E-state index is 12.1. The number of nitrogens with one attached hydrogen (secondary N) is 1. The van der Waals surface area contributed by atoms with E-state index in [4.69, 9.17) is 0 Å². The number of carboxylic acids is 1. The Balaban J connectivity index is 1.89. The number of carbonyl (C=O) groups is 2. The van der Waals surface area contributed by atoms with Crippen LogP contribution in [0.4, 0.5) is 0 Å². The highest BCUT2D eigenvalue weighted by molar-refractivity contribution is 7.99. The predicted molar refractivity (Wildman–Crippen MR) is 76.3 cm³/mol. The molecule has 5 heteroatoms. The molecule has 1 amide bonds. The quantitative estimate of drug-likeness (QED) is 0.832. The Morgan fingerprint density at radius 2 is 1.79 bits per heavy atom. The van der Waals surface area contributed by atoms with Gasteiger partial charge in [-0.15, -0.1) is 0 Å². The molecule has 1 saturated heterocycles. The van der Waals surface area contributed by atoms with Crippen molar-refractivity contribution in [1.29, 1.82) is 0 Å². The van der Waals surface area contributed by atoms with Gasteiger partial charge in [-0.2, -0.15) is 11.8 Å². The Morgan fingerprint density at radius 3 is 2.37 bits per heavy atom. The summed E-state index contributed by atoms with van der Waals surface area (Å²) in [5, 5.41) is 12.2. The lowest BCUT2D eigenvalue weighted by Crippen LogP contribution is -2.56. The van der Waals surface area contributed by atoms with Crippen LogP contribution >= 0.6 is 11.8 Å². The standard InChI is InChI=1S/C14H23NO3S/c16-12(10-11-4-2-1-3-5-11)15-14(13(17)18)6-8-19-9-7-14/h11H,1-10H2,(H,15,16)(H,17,18). The van der Waals surface area contributed by atoms with Gasteiger partial charge in [-0.3, -0.25) is 4.79 Å². The number of carboxylic acid groups (broad SMARTS) is 1. The first-order chi connectivity index (χ1) is 9.12. The number of aliphatic carboxylic acids is 1. The van der Waals surface area contributed by atoms with E-state index < -0.39 is 11.5 Å². The molecule has 2 fully saturated rings. The van der Waals surface area contributed by atoms with Crippen LogP contribution in [-0.2, 0) is 9.59 Å². The molecule has 0 unspecified atom stereocenters. The zero-order chi connectivity index (χ0) is 13.7. The fourth-order valence-corrected chi connectivity index (χ4v) is 4.27. The highest BCUT2D eigenvalue weighted by atomic mass is 32.2. The van der Waals surface area contributed by atoms with E-state index in [1.807, 2.05) is 0 Å². The minimum atomic E-state index is -1.00. The fourth-order valence-electron chi connectivity index (χ4n) is 3.08. The van der Waals surface area contributed by atoms with Crippen LogP contribution in [0.1, 0.15) is 51.4 Å². The van der Waals surface area contributed by atoms with E-state index in [1.54, 1.807) is 11.8 Å². The summed E-state index contributed by atoms with van der Waals surface area (Å²) in [6.07, 6.45) is 7.51. The highest BCUT2D eigenvalue weighted by Gasteiger charge is 2.41. The van der Waals surface area contributed by atoms with Gasteiger partial charge in [0.05, 0.1) is 0 Å². The van der Waals surface area contributed by atoms with E-state index in [-0.39, 0.29) is 5.91 Å². The SMILES string of the molecule is O=C(CC1CCCCC1)NC1(C(=O)O)CCSCC1. The molecule has 0 bridgehead atoms. The maximum absolute atomic E-state index is 12.1. The first-order valence-corrected chi connectivity index (χ1v) is 8.40. The van der Waals surface area contributed by atoms with Crippen molar-refractivity contribution in [1.82, 2.24) is 5.32 Å². The van der Waals surface area contributed by atoms with Crippen LogP contribution in [-0.4, -0.2) is 34.0 Å². The smallest absolute Gasteiger partial charge is 0.329 e. The number of amides is 1. The topological polar surface area (TPSA) is 66.4 Å². The number of thioether (sulfide) groups is 1. The minimum Gasteiger partial charge on any atom is -0.480 e. The molecule has 2 aliphatic rings. The summed E-state index contributed by atoms with van der Waals surface area (Å²) in [7, 11) is 0. The van der Waals surface area contributed by atoms with Crippen LogP contribution in [0.15, 0.2) is 0 Å². The molecular formula is C14H23NO3S. The average molecular weight is 285 g/mol. The Morgan fingerprint density at radius 1 is 1.16 bits per heavy atom. The third-order valence-electron chi connectivity index (χ3n) is 4.33. The second-order valence-corrected chi connectivity index (χ2v) is 6.98. The Kier molecular flexibility index (Phi) is 5.13. The van der Waals surface area contributed by atoms with Crippen molar-refractivity contribution >= 4 is 23.6 Å². The summed E-state index contributed by atoms with van der Waals surface area (Å²) in [6.45, 7) is 0. The summed E-state index contributed by atoms with van der Waals surface area (Å²) in [5.41, 5.74) is -1.00. The molecule has 1 saturated carbocycles. The summed E-state index contributed by atoms with van der Waals surface area (Å²) in [5.74, 6) is 1.15. The first kappa shape index (κ1) is 14.7. The molecule has 0 spiro atoms. The molecule has 19 heavy (non-hydrogen) atoms. The van der Waals surface area contributed by atoms with Crippen molar-refractivity contribution in [3.05, 3.63) is 0 Å². The normalized spacial score (nSPS) is 23.8. The van der Waals surface area contributed by atoms with Crippen LogP contribution < -0.4 is 5.32 Å². The second kappa shape index (κ2) is 6.64. The van der Waals surface area contributed by atoms with Gasteiger partial charge in [-0.25, -0.2) is 4.79 Å². The van der Waals surface area contributed by atoms with E-state index in [9.17, 15) is 14.7 Å². The van der Waals surface area contributed by atoms with Crippen LogP contribution in [0.5, 0.6) is 0 Å². The first-order valence-electron chi connectivity index (χ1n) is 7.24. The van der Waals surface area contributed by atoms with Gasteiger partial charge in [0.25, 0.3) is 0 Å². The third kappa shape index (κ3) is 3.88. The number of rotatable bonds is 4. The number of hydrogen-bond donors (Lipinski definition) is 2. The largest absolute Gasteiger partial charge is 0.480 e. The van der Waals surface area contributed by atoms with Crippen LogP contribution in [0.2, 0.25) is 0 Å². The van der Waals surface area contributed by atoms with Crippen LogP contribution in [0.3, 0.4) is 0 Å². The highest BCUT2D eigenvalue weighted by Crippen LogP contribution is 2.29. The summed E-state index contributed by atoms with van der Waals surface area (Å²) in [6, 6.07) is 0. The van der Waals surface area contributed by atoms with Gasteiger partial charge in [0.1, 0.15) is 5.54 Å². The molecule has 0 aromatic heterocycles. The maximum Gasteiger partial charge on any atom is 0.329 e. The molecule has 1 aliphatic carbocycles. The minimum absolute atomic E-state index is 0.0683. The van der Waals surface area contributed by atoms with Gasteiger partial charge < -0.3 is 10.4 Å². The molecule has 0 atom stereocenters. The van der Waals surface area contributed by atoms with Crippen molar-refractivity contribution < 1.29 is 14.7 Å². The van der Waals surface area contributed by atoms with Crippen molar-refractivity contribution in [3.63, 3.8) is 0 Å². The van der Waals surface area contributed by atoms with Gasteiger partial charge in [0.15, 0.2) is 0 Å². The zero-order valence-electron chi connectivity index (χ0n) is 11.3. The average Bonchev–Trinajstić information content (AvgIpc) is 2.40. The Labute approximate surface area is 118 Å². The zero-order valence-corrected chi connectivity index (χ0v) is 12.1. The number of carbonyl (C=O) groups excluding carboxylic acids is 1. The van der Waals surface area contributed by atoms with Crippen LogP contribution in [0.25, 0.3) is 0 Å². The Hall–Kier alpha value is -0.710. The third-order valence-corrected chi connectivity index (χ3v) is 5.32. The molecule has 2 rings (SSSR count). The van der Waals surface area contributed by atoms with E-state index in [0.29, 0.717) is 25.2 Å². The molecule has 0 aromatic carbocycles. The van der Waals surface area contributed by atoms with E-state index >= 15 is 0 Å². The molecule has 1 heterocycles. The second-order valence-electron chi connectivity index (χ2n) is 5.76. The monoisotopic (exact) mass is 285 g/mol. The summed E-state index contributed by atoms with van der Waals surface area (Å²) < 4.78 is 0. The van der Waals surface area contributed by atoms with Crippen molar-refractivity contribution in [2.75, 3.05) is 11.5 Å². The number of hydrogen-bond acceptors (Lipinski definition) is 3. The van der Waals surface area contributed by atoms with Crippen molar-refractivity contribution in [2.24, 2.45) is 5.92 Å². The van der Waals surface area contributed by atoms with Crippen molar-refractivity contribution in [2.45, 2.75) is 56.9 Å². The molecular weight excluding hydrogens is 262 g/mol. The Bertz CT molecular complexity index is 334. The lowest BCUT2D eigenvalue weighted by Gasteiger charge is -2.34. The van der Waals surface area contributed by atoms with Gasteiger partial charge in [0.2, 0.25) is 5.91 Å². The van der Waals surface area contributed by atoms with E-state index in [0.717, 1.165) is 24.3 Å². The predicted octanol–water partition coefficient (Wildman–Crippen LogP) is 2.42. The molecule has 4 nitrogen and oxygen atoms in total. The lowest BCUT2D eigenvalue weighted by atomic mass is 9.86. The summed E-state index contributed by atoms with van der Waals surface area (Å²) in [4.78, 5) is 23.6. The molecule has 0 aromatic rings. The van der Waals surface area contributed by atoms with Gasteiger partial charge in [-0.1, -0.05) is 19.3 Å². The van der Waals surface area contributed by atoms with Gasteiger partial charge in [0, 0.05) is 6.42 Å². The molecule has 1 aliphatic heterocycles. The fraction of sp³-hybridized carbons (Fsp3) is 0.857. The summed E-state index contributed by atoms with van der Waals surface area (Å²) >= 11 is 1.76. The van der Waals surface area contributed by atoms with E-state index in [2.05, 4.69) is 5.32 Å². The molecule has 0 radical (unpaired) electrons. The molecule has 2 N–H and O–H groups in total. The molecule has 108 valence electrons. The van der Waals surface area contributed by atoms with Gasteiger partial charge in [-0.05, 0) is 43.1 Å². The van der Waals surface area contributed by atoms with E-state index in [1.165, 1.54) is 19.3 Å². The van der Waals surface area contributed by atoms with Crippen molar-refractivity contribution in [3.8, 4) is 0 Å².